The molecule has 2 amide bonds. The van der Waals surface area contributed by atoms with Crippen LogP contribution < -0.4 is 24.8 Å². The maximum Gasteiger partial charge on any atom is 0.422 e. The summed E-state index contributed by atoms with van der Waals surface area (Å²) < 4.78 is 51.9. The molecule has 0 spiro atoms. The minimum absolute atomic E-state index is 0.103. The fourth-order valence-electron chi connectivity index (χ4n) is 2.79. The topological polar surface area (TPSA) is 68.8 Å². The Kier molecular flexibility index (Phi) is 7.79. The number of nitrogens with one attached hydrogen (secondary N) is 2. The number of carbonyl (C=O) groups is 1. The number of urea groups is 1. The van der Waals surface area contributed by atoms with Crippen LogP contribution in [0, 0.1) is 0 Å². The standard InChI is InChI=1S/C21H25F3N2O4/c1-13(15-5-7-16(8-6-15)30-12-21(22,23)24)25-20(27)26-14(2)18-11-17(28-3)9-10-19(18)29-4/h5-11,13-14H,12H2,1-4H3,(H2,25,26,27). The van der Waals surface area contributed by atoms with E-state index < -0.39 is 18.8 Å². The van der Waals surface area contributed by atoms with Crippen LogP contribution in [0.25, 0.3) is 0 Å². The van der Waals surface area contributed by atoms with E-state index in [0.717, 1.165) is 11.1 Å². The molecule has 6 nitrogen and oxygen atoms in total. The lowest BCUT2D eigenvalue weighted by atomic mass is 10.1. The summed E-state index contributed by atoms with van der Waals surface area (Å²) in [6, 6.07) is 10.2. The van der Waals surface area contributed by atoms with Gasteiger partial charge in [-0.15, -0.1) is 0 Å². The van der Waals surface area contributed by atoms with E-state index in [1.807, 2.05) is 6.92 Å². The average molecular weight is 426 g/mol. The predicted octanol–water partition coefficient (Wildman–Crippen LogP) is 4.77. The van der Waals surface area contributed by atoms with Crippen molar-refractivity contribution in [2.24, 2.45) is 0 Å². The third-order valence-corrected chi connectivity index (χ3v) is 4.38. The van der Waals surface area contributed by atoms with Crippen LogP contribution in [0.5, 0.6) is 17.2 Å². The largest absolute Gasteiger partial charge is 0.497 e. The van der Waals surface area contributed by atoms with E-state index in [2.05, 4.69) is 15.4 Å². The van der Waals surface area contributed by atoms with Gasteiger partial charge in [0.15, 0.2) is 6.61 Å². The summed E-state index contributed by atoms with van der Waals surface area (Å²) >= 11 is 0. The molecule has 164 valence electrons. The zero-order valence-corrected chi connectivity index (χ0v) is 17.2. The summed E-state index contributed by atoms with van der Waals surface area (Å²) in [6.45, 7) is 2.23. The summed E-state index contributed by atoms with van der Waals surface area (Å²) in [7, 11) is 3.10. The number of alkyl halides is 3. The fraction of sp³-hybridized carbons (Fsp3) is 0.381. The molecule has 0 heterocycles. The molecule has 2 N–H and O–H groups in total. The van der Waals surface area contributed by atoms with Gasteiger partial charge in [0.2, 0.25) is 0 Å². The second-order valence-corrected chi connectivity index (χ2v) is 6.64. The van der Waals surface area contributed by atoms with Gasteiger partial charge in [-0.1, -0.05) is 12.1 Å². The number of benzene rings is 2. The molecule has 2 rings (SSSR count). The zero-order valence-electron chi connectivity index (χ0n) is 17.2. The third-order valence-electron chi connectivity index (χ3n) is 4.38. The lowest BCUT2D eigenvalue weighted by molar-refractivity contribution is -0.153. The van der Waals surface area contributed by atoms with Gasteiger partial charge < -0.3 is 24.8 Å². The van der Waals surface area contributed by atoms with Crippen molar-refractivity contribution in [3.8, 4) is 17.2 Å². The Morgan fingerprint density at radius 3 is 2.10 bits per heavy atom. The van der Waals surface area contributed by atoms with Crippen molar-refractivity contribution >= 4 is 6.03 Å². The summed E-state index contributed by atoms with van der Waals surface area (Å²) in [4.78, 5) is 12.4. The molecular weight excluding hydrogens is 401 g/mol. The van der Waals surface area contributed by atoms with Crippen LogP contribution in [0.4, 0.5) is 18.0 Å². The SMILES string of the molecule is COc1ccc(OC)c(C(C)NC(=O)NC(C)c2ccc(OCC(F)(F)F)cc2)c1. The van der Waals surface area contributed by atoms with E-state index in [4.69, 9.17) is 9.47 Å². The van der Waals surface area contributed by atoms with Crippen molar-refractivity contribution < 1.29 is 32.2 Å². The van der Waals surface area contributed by atoms with Crippen LogP contribution in [0.3, 0.4) is 0 Å². The van der Waals surface area contributed by atoms with E-state index in [0.29, 0.717) is 11.5 Å². The Morgan fingerprint density at radius 2 is 1.53 bits per heavy atom. The van der Waals surface area contributed by atoms with E-state index in [9.17, 15) is 18.0 Å². The maximum atomic E-state index is 12.4. The Balaban J connectivity index is 1.96. The molecule has 0 aliphatic carbocycles. The quantitative estimate of drug-likeness (QED) is 0.638. The number of ether oxygens (including phenoxy) is 3. The number of hydrogen-bond donors (Lipinski definition) is 2. The van der Waals surface area contributed by atoms with Gasteiger partial charge >= 0.3 is 12.2 Å². The number of hydrogen-bond acceptors (Lipinski definition) is 4. The average Bonchev–Trinajstić information content (AvgIpc) is 2.71. The van der Waals surface area contributed by atoms with Crippen LogP contribution in [0.1, 0.15) is 37.1 Å². The fourth-order valence-corrected chi connectivity index (χ4v) is 2.79. The van der Waals surface area contributed by atoms with Gasteiger partial charge in [-0.05, 0) is 49.7 Å². The summed E-state index contributed by atoms with van der Waals surface area (Å²) in [5.74, 6) is 1.36. The third kappa shape index (κ3) is 6.75. The first-order valence-electron chi connectivity index (χ1n) is 9.21. The van der Waals surface area contributed by atoms with Crippen molar-refractivity contribution in [3.63, 3.8) is 0 Å². The maximum absolute atomic E-state index is 12.4. The molecule has 0 radical (unpaired) electrons. The molecule has 0 saturated heterocycles. The number of rotatable bonds is 8. The van der Waals surface area contributed by atoms with Gasteiger partial charge in [0.05, 0.1) is 26.3 Å². The smallest absolute Gasteiger partial charge is 0.422 e. The highest BCUT2D eigenvalue weighted by atomic mass is 19.4. The van der Waals surface area contributed by atoms with Crippen LogP contribution >= 0.6 is 0 Å². The van der Waals surface area contributed by atoms with Crippen LogP contribution in [-0.2, 0) is 0 Å². The Labute approximate surface area is 173 Å². The van der Waals surface area contributed by atoms with Crippen LogP contribution in [0.2, 0.25) is 0 Å². The Morgan fingerprint density at radius 1 is 0.933 bits per heavy atom. The van der Waals surface area contributed by atoms with E-state index in [1.54, 1.807) is 51.5 Å². The second-order valence-electron chi connectivity index (χ2n) is 6.64. The zero-order chi connectivity index (χ0) is 22.3. The highest BCUT2D eigenvalue weighted by Gasteiger charge is 2.28. The second kappa shape index (κ2) is 10.1. The first-order chi connectivity index (χ1) is 14.1. The number of halogens is 3. The number of methoxy groups -OCH3 is 2. The van der Waals surface area contributed by atoms with Crippen LogP contribution in [0.15, 0.2) is 42.5 Å². The van der Waals surface area contributed by atoms with Gasteiger partial charge in [-0.2, -0.15) is 13.2 Å². The summed E-state index contributed by atoms with van der Waals surface area (Å²) in [5.41, 5.74) is 1.47. The predicted molar refractivity (Wildman–Crippen MR) is 106 cm³/mol. The first kappa shape index (κ1) is 23.2. The van der Waals surface area contributed by atoms with Crippen molar-refractivity contribution in [1.82, 2.24) is 10.6 Å². The molecule has 0 aliphatic rings. The summed E-state index contributed by atoms with van der Waals surface area (Å²) in [5, 5.41) is 5.63. The molecule has 2 atom stereocenters. The van der Waals surface area contributed by atoms with Crippen molar-refractivity contribution in [2.75, 3.05) is 20.8 Å². The van der Waals surface area contributed by atoms with E-state index in [-0.39, 0.29) is 17.8 Å². The summed E-state index contributed by atoms with van der Waals surface area (Å²) in [6.07, 6.45) is -4.40. The number of carbonyl (C=O) groups excluding carboxylic acids is 1. The highest BCUT2D eigenvalue weighted by molar-refractivity contribution is 5.75. The highest BCUT2D eigenvalue weighted by Crippen LogP contribution is 2.29. The molecule has 0 saturated carbocycles. The molecule has 2 unspecified atom stereocenters. The van der Waals surface area contributed by atoms with E-state index >= 15 is 0 Å². The Bertz CT molecular complexity index is 841. The van der Waals surface area contributed by atoms with Gasteiger partial charge in [0.25, 0.3) is 0 Å². The molecule has 0 aliphatic heterocycles. The monoisotopic (exact) mass is 426 g/mol. The minimum Gasteiger partial charge on any atom is -0.497 e. The molecule has 0 fully saturated rings. The van der Waals surface area contributed by atoms with Crippen molar-refractivity contribution in [3.05, 3.63) is 53.6 Å². The van der Waals surface area contributed by atoms with Gasteiger partial charge in [0, 0.05) is 5.56 Å². The van der Waals surface area contributed by atoms with Crippen molar-refractivity contribution in [1.29, 1.82) is 0 Å². The van der Waals surface area contributed by atoms with Crippen LogP contribution in [-0.4, -0.2) is 33.0 Å². The molecule has 2 aromatic carbocycles. The van der Waals surface area contributed by atoms with E-state index in [1.165, 1.54) is 12.1 Å². The molecule has 9 heteroatoms. The molecule has 2 aromatic rings. The lowest BCUT2D eigenvalue weighted by Gasteiger charge is -2.21. The molecule has 0 bridgehead atoms. The van der Waals surface area contributed by atoms with Gasteiger partial charge in [-0.25, -0.2) is 4.79 Å². The Hall–Kier alpha value is -3.10. The van der Waals surface area contributed by atoms with Gasteiger partial charge in [0.1, 0.15) is 17.2 Å². The molecule has 0 aromatic heterocycles. The molecular formula is C21H25F3N2O4. The lowest BCUT2D eigenvalue weighted by Crippen LogP contribution is -2.38. The molecule has 30 heavy (non-hydrogen) atoms. The van der Waals surface area contributed by atoms with Crippen molar-refractivity contribution in [2.45, 2.75) is 32.1 Å². The normalized spacial score (nSPS) is 13.2. The minimum atomic E-state index is -4.40. The van der Waals surface area contributed by atoms with Gasteiger partial charge in [-0.3, -0.25) is 0 Å². The number of amides is 2. The first-order valence-corrected chi connectivity index (χ1v) is 9.21.